The van der Waals surface area contributed by atoms with E-state index < -0.39 is 6.04 Å². The van der Waals surface area contributed by atoms with E-state index in [9.17, 15) is 9.59 Å². The van der Waals surface area contributed by atoms with Crippen LogP contribution < -0.4 is 10.1 Å². The number of hydrogen-bond donors (Lipinski definition) is 1. The summed E-state index contributed by atoms with van der Waals surface area (Å²) in [5, 5.41) is 3.23. The van der Waals surface area contributed by atoms with Crippen LogP contribution in [0.5, 0.6) is 5.75 Å². The Bertz CT molecular complexity index is 1080. The average Bonchev–Trinajstić information content (AvgIpc) is 2.89. The number of ether oxygens (including phenoxy) is 1. The van der Waals surface area contributed by atoms with Crippen molar-refractivity contribution in [1.82, 2.24) is 15.2 Å². The lowest BCUT2D eigenvalue weighted by atomic mass is 9.94. The highest BCUT2D eigenvalue weighted by Crippen LogP contribution is 2.29. The summed E-state index contributed by atoms with van der Waals surface area (Å²) in [6, 6.07) is 21.6. The van der Waals surface area contributed by atoms with Gasteiger partial charge in [-0.05, 0) is 48.2 Å². The maximum atomic E-state index is 13.8. The quantitative estimate of drug-likeness (QED) is 0.521. The van der Waals surface area contributed by atoms with Crippen molar-refractivity contribution in [2.75, 3.05) is 7.11 Å². The van der Waals surface area contributed by atoms with Crippen molar-refractivity contribution >= 4 is 11.8 Å². The number of benzene rings is 2. The largest absolute Gasteiger partial charge is 0.497 e. The molecular formula is C28H31N3O3. The van der Waals surface area contributed by atoms with Crippen LogP contribution in [0.2, 0.25) is 0 Å². The highest BCUT2D eigenvalue weighted by atomic mass is 16.5. The number of nitrogens with zero attached hydrogens (tertiary/aromatic N) is 2. The molecule has 4 rings (SSSR count). The van der Waals surface area contributed by atoms with Crippen LogP contribution in [0.15, 0.2) is 79.0 Å². The van der Waals surface area contributed by atoms with E-state index in [1.54, 1.807) is 36.4 Å². The van der Waals surface area contributed by atoms with E-state index in [0.717, 1.165) is 31.2 Å². The van der Waals surface area contributed by atoms with Crippen molar-refractivity contribution < 1.29 is 14.3 Å². The number of pyridine rings is 1. The summed E-state index contributed by atoms with van der Waals surface area (Å²) in [6.07, 6.45) is 6.93. The van der Waals surface area contributed by atoms with Crippen molar-refractivity contribution in [2.24, 2.45) is 0 Å². The van der Waals surface area contributed by atoms with E-state index in [4.69, 9.17) is 4.74 Å². The predicted molar refractivity (Wildman–Crippen MR) is 131 cm³/mol. The van der Waals surface area contributed by atoms with Gasteiger partial charge in [0.15, 0.2) is 0 Å². The molecule has 1 saturated carbocycles. The van der Waals surface area contributed by atoms with Gasteiger partial charge in [0, 0.05) is 18.8 Å². The third-order valence-electron chi connectivity index (χ3n) is 6.26. The molecule has 0 bridgehead atoms. The summed E-state index contributed by atoms with van der Waals surface area (Å²) in [7, 11) is 1.59. The Morgan fingerprint density at radius 3 is 2.47 bits per heavy atom. The van der Waals surface area contributed by atoms with E-state index in [-0.39, 0.29) is 24.4 Å². The van der Waals surface area contributed by atoms with Crippen molar-refractivity contribution in [2.45, 2.75) is 50.7 Å². The lowest BCUT2D eigenvalue weighted by Crippen LogP contribution is -2.47. The maximum Gasteiger partial charge on any atom is 0.273 e. The lowest BCUT2D eigenvalue weighted by molar-refractivity contribution is -0.127. The van der Waals surface area contributed by atoms with Crippen molar-refractivity contribution in [3.05, 3.63) is 95.8 Å². The van der Waals surface area contributed by atoms with E-state index >= 15 is 0 Å². The SMILES string of the molecule is COc1cccc(C(C(=O)NC2CCCCC2)N(Cc2ccccc2)C(=O)c2ccccn2)c1. The van der Waals surface area contributed by atoms with E-state index in [1.165, 1.54) is 6.42 Å². The molecule has 34 heavy (non-hydrogen) atoms. The molecule has 1 unspecified atom stereocenters. The molecule has 0 saturated heterocycles. The minimum absolute atomic E-state index is 0.123. The zero-order chi connectivity index (χ0) is 23.8. The van der Waals surface area contributed by atoms with Gasteiger partial charge >= 0.3 is 0 Å². The zero-order valence-electron chi connectivity index (χ0n) is 19.5. The summed E-state index contributed by atoms with van der Waals surface area (Å²) >= 11 is 0. The molecule has 6 nitrogen and oxygen atoms in total. The van der Waals surface area contributed by atoms with Crippen LogP contribution in [-0.2, 0) is 11.3 Å². The molecule has 1 aliphatic carbocycles. The molecule has 1 fully saturated rings. The maximum absolute atomic E-state index is 13.8. The molecule has 0 aliphatic heterocycles. The van der Waals surface area contributed by atoms with Gasteiger partial charge in [-0.3, -0.25) is 14.6 Å². The summed E-state index contributed by atoms with van der Waals surface area (Å²) in [4.78, 5) is 33.5. The molecule has 6 heteroatoms. The number of rotatable bonds is 8. The second-order valence-electron chi connectivity index (χ2n) is 8.66. The van der Waals surface area contributed by atoms with Crippen molar-refractivity contribution in [3.8, 4) is 5.75 Å². The predicted octanol–water partition coefficient (Wildman–Crippen LogP) is 4.92. The topological polar surface area (TPSA) is 71.5 Å². The molecule has 3 aromatic rings. The fourth-order valence-corrected chi connectivity index (χ4v) is 4.51. The van der Waals surface area contributed by atoms with Gasteiger partial charge in [-0.2, -0.15) is 0 Å². The first kappa shape index (κ1) is 23.5. The second kappa shape index (κ2) is 11.5. The minimum atomic E-state index is -0.827. The Kier molecular flexibility index (Phi) is 7.91. The van der Waals surface area contributed by atoms with Gasteiger partial charge in [0.1, 0.15) is 17.5 Å². The van der Waals surface area contributed by atoms with Crippen molar-refractivity contribution in [1.29, 1.82) is 0 Å². The first-order valence-corrected chi connectivity index (χ1v) is 11.9. The Balaban J connectivity index is 1.75. The van der Waals surface area contributed by atoms with Gasteiger partial charge in [-0.15, -0.1) is 0 Å². The van der Waals surface area contributed by atoms with Gasteiger partial charge in [0.05, 0.1) is 7.11 Å². The zero-order valence-corrected chi connectivity index (χ0v) is 19.5. The molecule has 1 aromatic heterocycles. The first-order valence-electron chi connectivity index (χ1n) is 11.9. The summed E-state index contributed by atoms with van der Waals surface area (Å²) in [6.45, 7) is 0.274. The number of hydrogen-bond acceptors (Lipinski definition) is 4. The fraction of sp³-hybridized carbons (Fsp3) is 0.321. The minimum Gasteiger partial charge on any atom is -0.497 e. The molecule has 1 N–H and O–H groups in total. The Morgan fingerprint density at radius 1 is 1.00 bits per heavy atom. The van der Waals surface area contributed by atoms with Gasteiger partial charge in [-0.25, -0.2) is 0 Å². The van der Waals surface area contributed by atoms with Gasteiger partial charge in [0.25, 0.3) is 5.91 Å². The Morgan fingerprint density at radius 2 is 1.76 bits per heavy atom. The van der Waals surface area contributed by atoms with Gasteiger partial charge in [-0.1, -0.05) is 67.8 Å². The monoisotopic (exact) mass is 457 g/mol. The first-order chi connectivity index (χ1) is 16.7. The Labute approximate surface area is 201 Å². The summed E-state index contributed by atoms with van der Waals surface area (Å²) < 4.78 is 5.43. The highest BCUT2D eigenvalue weighted by molar-refractivity contribution is 5.96. The third-order valence-corrected chi connectivity index (χ3v) is 6.26. The van der Waals surface area contributed by atoms with Crippen LogP contribution in [0.25, 0.3) is 0 Å². The second-order valence-corrected chi connectivity index (χ2v) is 8.66. The summed E-state index contributed by atoms with van der Waals surface area (Å²) in [5.74, 6) is 0.161. The van der Waals surface area contributed by atoms with Crippen LogP contribution in [0.4, 0.5) is 0 Å². The van der Waals surface area contributed by atoms with Crippen LogP contribution in [-0.4, -0.2) is 34.8 Å². The van der Waals surface area contributed by atoms with Crippen LogP contribution in [0, 0.1) is 0 Å². The molecule has 0 spiro atoms. The molecule has 2 amide bonds. The Hall–Kier alpha value is -3.67. The number of aromatic nitrogens is 1. The van der Waals surface area contributed by atoms with Crippen LogP contribution in [0.3, 0.4) is 0 Å². The standard InChI is InChI=1S/C28H31N3O3/c1-34-24-16-10-13-22(19-24)26(27(32)30-23-14-6-3-7-15-23)31(20-21-11-4-2-5-12-21)28(33)25-17-8-9-18-29-25/h2,4-5,8-13,16-19,23,26H,3,6-7,14-15,20H2,1H3,(H,30,32). The fourth-order valence-electron chi connectivity index (χ4n) is 4.51. The summed E-state index contributed by atoms with van der Waals surface area (Å²) in [5.41, 5.74) is 1.94. The number of amides is 2. The van der Waals surface area contributed by atoms with E-state index in [0.29, 0.717) is 17.0 Å². The smallest absolute Gasteiger partial charge is 0.273 e. The molecule has 1 heterocycles. The molecule has 0 radical (unpaired) electrons. The lowest BCUT2D eigenvalue weighted by Gasteiger charge is -2.33. The molecule has 2 aromatic carbocycles. The molecule has 1 atom stereocenters. The molecular weight excluding hydrogens is 426 g/mol. The average molecular weight is 458 g/mol. The van der Waals surface area contributed by atoms with E-state index in [2.05, 4.69) is 10.3 Å². The van der Waals surface area contributed by atoms with Gasteiger partial charge < -0.3 is 15.0 Å². The molecule has 1 aliphatic rings. The molecule has 176 valence electrons. The van der Waals surface area contributed by atoms with Gasteiger partial charge in [0.2, 0.25) is 5.91 Å². The number of methoxy groups -OCH3 is 1. The van der Waals surface area contributed by atoms with Crippen molar-refractivity contribution in [3.63, 3.8) is 0 Å². The number of nitrogens with one attached hydrogen (secondary N) is 1. The highest BCUT2D eigenvalue weighted by Gasteiger charge is 2.34. The normalized spacial score (nSPS) is 14.7. The number of carbonyl (C=O) groups is 2. The third kappa shape index (κ3) is 5.81. The number of carbonyl (C=O) groups excluding carboxylic acids is 2. The van der Waals surface area contributed by atoms with Crippen LogP contribution in [0.1, 0.15) is 59.8 Å². The van der Waals surface area contributed by atoms with Crippen LogP contribution >= 0.6 is 0 Å². The van der Waals surface area contributed by atoms with E-state index in [1.807, 2.05) is 54.6 Å².